The Morgan fingerprint density at radius 2 is 1.95 bits per heavy atom. The number of methoxy groups -OCH3 is 2. The quantitative estimate of drug-likeness (QED) is 0.791. The van der Waals surface area contributed by atoms with Gasteiger partial charge in [-0.15, -0.1) is 11.3 Å². The molecular weight excluding hydrogens is 350 g/mol. The maximum absolute atomic E-state index is 5.34. The molecule has 21 heavy (non-hydrogen) atoms. The topological polar surface area (TPSA) is 30.5 Å². The minimum atomic E-state index is 0.393. The maximum Gasteiger partial charge on any atom is 0.160 e. The molecule has 1 atom stereocenters. The molecule has 1 aromatic carbocycles. The predicted molar refractivity (Wildman–Crippen MR) is 91.6 cm³/mol. The van der Waals surface area contributed by atoms with E-state index in [-0.39, 0.29) is 0 Å². The molecule has 0 fully saturated rings. The molecule has 0 saturated heterocycles. The zero-order valence-corrected chi connectivity index (χ0v) is 14.9. The second kappa shape index (κ2) is 7.82. The van der Waals surface area contributed by atoms with Crippen LogP contribution in [0, 0.1) is 0 Å². The lowest BCUT2D eigenvalue weighted by atomic mass is 10.1. The van der Waals surface area contributed by atoms with Crippen LogP contribution in [-0.4, -0.2) is 20.3 Å². The van der Waals surface area contributed by atoms with Crippen LogP contribution in [0.3, 0.4) is 0 Å². The number of rotatable bonds is 7. The smallest absolute Gasteiger partial charge is 0.160 e. The fourth-order valence-corrected chi connectivity index (χ4v) is 3.56. The third kappa shape index (κ3) is 4.73. The Morgan fingerprint density at radius 1 is 1.19 bits per heavy atom. The maximum atomic E-state index is 5.34. The van der Waals surface area contributed by atoms with Crippen LogP contribution < -0.4 is 14.8 Å². The highest BCUT2D eigenvalue weighted by Gasteiger charge is 2.08. The number of hydrogen-bond acceptors (Lipinski definition) is 4. The Kier molecular flexibility index (Phi) is 6.08. The Labute approximate surface area is 138 Å². The summed E-state index contributed by atoms with van der Waals surface area (Å²) in [4.78, 5) is 1.33. The van der Waals surface area contributed by atoms with Crippen LogP contribution in [0.1, 0.15) is 17.4 Å². The summed E-state index contributed by atoms with van der Waals surface area (Å²) in [5.41, 5.74) is 1.24. The molecule has 1 N–H and O–H groups in total. The zero-order valence-electron chi connectivity index (χ0n) is 12.5. The average Bonchev–Trinajstić information content (AvgIpc) is 2.90. The van der Waals surface area contributed by atoms with Gasteiger partial charge in [0.1, 0.15) is 0 Å². The Bertz CT molecular complexity index is 585. The van der Waals surface area contributed by atoms with Crippen molar-refractivity contribution in [1.82, 2.24) is 5.32 Å². The number of ether oxygens (including phenoxy) is 2. The Morgan fingerprint density at radius 3 is 2.57 bits per heavy atom. The first-order valence-corrected chi connectivity index (χ1v) is 8.47. The molecule has 1 unspecified atom stereocenters. The number of benzene rings is 1. The van der Waals surface area contributed by atoms with Gasteiger partial charge in [-0.05, 0) is 53.0 Å². The predicted octanol–water partition coefficient (Wildman–Crippen LogP) is 4.25. The van der Waals surface area contributed by atoms with E-state index in [4.69, 9.17) is 9.47 Å². The monoisotopic (exact) mass is 369 g/mol. The summed E-state index contributed by atoms with van der Waals surface area (Å²) in [5, 5.41) is 5.65. The van der Waals surface area contributed by atoms with Gasteiger partial charge in [0.25, 0.3) is 0 Å². The van der Waals surface area contributed by atoms with Crippen molar-refractivity contribution in [2.24, 2.45) is 0 Å². The van der Waals surface area contributed by atoms with Gasteiger partial charge in [0, 0.05) is 27.3 Å². The summed E-state index contributed by atoms with van der Waals surface area (Å²) in [6.07, 6.45) is 0.951. The van der Waals surface area contributed by atoms with Crippen molar-refractivity contribution in [2.75, 3.05) is 14.2 Å². The molecule has 0 spiro atoms. The normalized spacial score (nSPS) is 12.2. The highest BCUT2D eigenvalue weighted by atomic mass is 79.9. The van der Waals surface area contributed by atoms with Crippen LogP contribution in [0.2, 0.25) is 0 Å². The molecule has 2 aromatic rings. The van der Waals surface area contributed by atoms with E-state index < -0.39 is 0 Å². The number of hydrogen-bond donors (Lipinski definition) is 1. The van der Waals surface area contributed by atoms with E-state index in [9.17, 15) is 0 Å². The first-order chi connectivity index (χ1) is 10.1. The van der Waals surface area contributed by atoms with Crippen LogP contribution in [0.25, 0.3) is 0 Å². The van der Waals surface area contributed by atoms with Gasteiger partial charge < -0.3 is 14.8 Å². The second-order valence-electron chi connectivity index (χ2n) is 4.91. The molecule has 0 aliphatic heterocycles. The van der Waals surface area contributed by atoms with Gasteiger partial charge in [0.05, 0.1) is 14.2 Å². The molecule has 0 aliphatic carbocycles. The van der Waals surface area contributed by atoms with E-state index in [1.807, 2.05) is 12.1 Å². The van der Waals surface area contributed by atoms with Crippen molar-refractivity contribution in [3.8, 4) is 11.5 Å². The van der Waals surface area contributed by atoms with Crippen LogP contribution in [0.4, 0.5) is 0 Å². The lowest BCUT2D eigenvalue weighted by molar-refractivity contribution is 0.354. The van der Waals surface area contributed by atoms with Crippen molar-refractivity contribution in [3.05, 3.63) is 44.6 Å². The van der Waals surface area contributed by atoms with Crippen molar-refractivity contribution < 1.29 is 9.47 Å². The molecule has 0 bridgehead atoms. The lowest BCUT2D eigenvalue weighted by Gasteiger charge is -2.15. The highest BCUT2D eigenvalue weighted by Crippen LogP contribution is 2.28. The largest absolute Gasteiger partial charge is 0.493 e. The van der Waals surface area contributed by atoms with Crippen molar-refractivity contribution >= 4 is 27.3 Å². The average molecular weight is 370 g/mol. The van der Waals surface area contributed by atoms with E-state index in [2.05, 4.69) is 45.7 Å². The van der Waals surface area contributed by atoms with Crippen molar-refractivity contribution in [2.45, 2.75) is 25.9 Å². The summed E-state index contributed by atoms with van der Waals surface area (Å²) in [7, 11) is 3.32. The third-order valence-corrected chi connectivity index (χ3v) is 4.93. The summed E-state index contributed by atoms with van der Waals surface area (Å²) in [6.45, 7) is 3.09. The number of thiophene rings is 1. The molecule has 0 aliphatic rings. The second-order valence-corrected chi connectivity index (χ2v) is 6.82. The van der Waals surface area contributed by atoms with Crippen molar-refractivity contribution in [1.29, 1.82) is 0 Å². The SMILES string of the molecule is COc1ccc(CC(C)NCc2cc(Br)cs2)cc1OC. The van der Waals surface area contributed by atoms with Gasteiger partial charge in [-0.3, -0.25) is 0 Å². The van der Waals surface area contributed by atoms with Gasteiger partial charge in [0.2, 0.25) is 0 Å². The summed E-state index contributed by atoms with van der Waals surface area (Å²) < 4.78 is 11.8. The van der Waals surface area contributed by atoms with E-state index in [0.717, 1.165) is 28.9 Å². The van der Waals surface area contributed by atoms with Crippen LogP contribution in [-0.2, 0) is 13.0 Å². The molecule has 0 amide bonds. The Balaban J connectivity index is 1.91. The standard InChI is InChI=1S/C16H20BrNO2S/c1-11(18-9-14-8-13(17)10-21-14)6-12-4-5-15(19-2)16(7-12)20-3/h4-5,7-8,10-11,18H,6,9H2,1-3H3. The molecule has 114 valence electrons. The molecule has 1 heterocycles. The first-order valence-electron chi connectivity index (χ1n) is 6.79. The van der Waals surface area contributed by atoms with E-state index >= 15 is 0 Å². The van der Waals surface area contributed by atoms with Gasteiger partial charge in [-0.25, -0.2) is 0 Å². The van der Waals surface area contributed by atoms with Gasteiger partial charge >= 0.3 is 0 Å². The summed E-state index contributed by atoms with van der Waals surface area (Å²) in [6, 6.07) is 8.63. The van der Waals surface area contributed by atoms with E-state index in [1.165, 1.54) is 10.4 Å². The summed E-state index contributed by atoms with van der Waals surface area (Å²) in [5.74, 6) is 1.55. The van der Waals surface area contributed by atoms with Crippen LogP contribution in [0.5, 0.6) is 11.5 Å². The van der Waals surface area contributed by atoms with E-state index in [0.29, 0.717) is 6.04 Å². The molecule has 5 heteroatoms. The lowest BCUT2D eigenvalue weighted by Crippen LogP contribution is -2.27. The first kappa shape index (κ1) is 16.3. The molecule has 3 nitrogen and oxygen atoms in total. The zero-order chi connectivity index (χ0) is 15.2. The molecular formula is C16H20BrNO2S. The van der Waals surface area contributed by atoms with Crippen LogP contribution >= 0.6 is 27.3 Å². The minimum absolute atomic E-state index is 0.393. The molecule has 1 aromatic heterocycles. The number of halogens is 1. The molecule has 2 rings (SSSR count). The third-order valence-electron chi connectivity index (χ3n) is 3.24. The number of nitrogens with one attached hydrogen (secondary N) is 1. The molecule has 0 saturated carbocycles. The minimum Gasteiger partial charge on any atom is -0.493 e. The fraction of sp³-hybridized carbons (Fsp3) is 0.375. The van der Waals surface area contributed by atoms with E-state index in [1.54, 1.807) is 25.6 Å². The van der Waals surface area contributed by atoms with Crippen molar-refractivity contribution in [3.63, 3.8) is 0 Å². The molecule has 0 radical (unpaired) electrons. The van der Waals surface area contributed by atoms with Gasteiger partial charge in [-0.2, -0.15) is 0 Å². The highest BCUT2D eigenvalue weighted by molar-refractivity contribution is 9.10. The van der Waals surface area contributed by atoms with Crippen LogP contribution in [0.15, 0.2) is 34.1 Å². The van der Waals surface area contributed by atoms with Gasteiger partial charge in [-0.1, -0.05) is 6.07 Å². The summed E-state index contributed by atoms with van der Waals surface area (Å²) >= 11 is 5.24. The van der Waals surface area contributed by atoms with Gasteiger partial charge in [0.15, 0.2) is 11.5 Å². The fourth-order valence-electron chi connectivity index (χ4n) is 2.15. The Hall–Kier alpha value is -1.04.